The van der Waals surface area contributed by atoms with Crippen LogP contribution in [0.15, 0.2) is 71.8 Å². The van der Waals surface area contributed by atoms with Gasteiger partial charge in [-0.15, -0.1) is 0 Å². The summed E-state index contributed by atoms with van der Waals surface area (Å²) in [6, 6.07) is 6.61. The lowest BCUT2D eigenvalue weighted by molar-refractivity contribution is -0.697. The second-order valence-electron chi connectivity index (χ2n) is 12.0. The van der Waals surface area contributed by atoms with Gasteiger partial charge in [-0.3, -0.25) is 14.1 Å². The number of halogens is 1. The van der Waals surface area contributed by atoms with Gasteiger partial charge in [0, 0.05) is 66.8 Å². The molecule has 13 heteroatoms. The first-order valence-corrected chi connectivity index (χ1v) is 18.8. The van der Waals surface area contributed by atoms with E-state index in [2.05, 4.69) is 26.8 Å². The molecule has 10 nitrogen and oxygen atoms in total. The average Bonchev–Trinajstić information content (AvgIpc) is 3.74. The van der Waals surface area contributed by atoms with Crippen molar-refractivity contribution in [1.29, 1.82) is 0 Å². The number of aromatic nitrogens is 1. The Morgan fingerprint density at radius 3 is 2.40 bits per heavy atom. The standard InChI is InChI=1S/C32H41ClN4O6S2/c1-32(2)27-23-26(45(41,42)43)14-15-29(27)37(19-9-4-6-13-31(38)34-44(3,39)40)30(32)12-10-11-25-16-20-36(24-28(25)33)18-8-5-7-17-35-21-22-35/h10-12,14-16,20-24H,4-9,13,17-19H2,1-3H3,(H-,34,38,41,42,43)/p+1. The highest BCUT2D eigenvalue weighted by molar-refractivity contribution is 7.89. The van der Waals surface area contributed by atoms with Crippen LogP contribution in [0.5, 0.6) is 0 Å². The molecule has 244 valence electrons. The number of nitrogens with one attached hydrogen (secondary N) is 1. The SMILES string of the molecule is CC1(C)C(=CC=Cc2cc[n+](CCCCCN3C=C3)cc2Cl)N(CCCCCC(=O)NS(C)(=O)=O)c2ccc(S(=O)(=O)O)cc21. The molecule has 2 aromatic rings. The van der Waals surface area contributed by atoms with Crippen LogP contribution in [0.1, 0.15) is 69.9 Å². The molecule has 0 saturated carbocycles. The van der Waals surface area contributed by atoms with E-state index in [0.717, 1.165) is 61.1 Å². The molecule has 4 rings (SSSR count). The van der Waals surface area contributed by atoms with Crippen LogP contribution in [-0.4, -0.2) is 51.5 Å². The van der Waals surface area contributed by atoms with Gasteiger partial charge in [0.25, 0.3) is 10.1 Å². The van der Waals surface area contributed by atoms with Crippen molar-refractivity contribution >= 4 is 49.4 Å². The number of hydrogen-bond acceptors (Lipinski definition) is 7. The smallest absolute Gasteiger partial charge is 0.294 e. The lowest BCUT2D eigenvalue weighted by atomic mass is 9.83. The summed E-state index contributed by atoms with van der Waals surface area (Å²) in [5.74, 6) is -0.529. The van der Waals surface area contributed by atoms with Crippen LogP contribution in [0.2, 0.25) is 5.02 Å². The number of carbonyl (C=O) groups excluding carboxylic acids is 1. The molecule has 0 saturated heterocycles. The normalized spacial score (nSPS) is 16.5. The number of benzene rings is 1. The molecule has 3 heterocycles. The lowest BCUT2D eigenvalue weighted by Crippen LogP contribution is -2.32. The van der Waals surface area contributed by atoms with Crippen molar-refractivity contribution in [3.63, 3.8) is 0 Å². The molecule has 0 bridgehead atoms. The fraction of sp³-hybridized carbons (Fsp3) is 0.438. The Morgan fingerprint density at radius 1 is 1.02 bits per heavy atom. The molecule has 1 aromatic carbocycles. The molecule has 0 spiro atoms. The lowest BCUT2D eigenvalue weighted by Gasteiger charge is -2.27. The Labute approximate surface area is 271 Å². The summed E-state index contributed by atoms with van der Waals surface area (Å²) in [5, 5.41) is 0.643. The second kappa shape index (κ2) is 14.5. The highest BCUT2D eigenvalue weighted by Gasteiger charge is 2.40. The van der Waals surface area contributed by atoms with Crippen molar-refractivity contribution in [2.45, 2.75) is 75.6 Å². The Kier molecular flexibility index (Phi) is 11.2. The minimum atomic E-state index is -4.38. The number of sulfonamides is 1. The third-order valence-corrected chi connectivity index (χ3v) is 9.73. The summed E-state index contributed by atoms with van der Waals surface area (Å²) in [6.45, 7) is 6.58. The van der Waals surface area contributed by atoms with E-state index in [0.29, 0.717) is 30.8 Å². The number of fused-ring (bicyclic) bond motifs is 1. The van der Waals surface area contributed by atoms with Crippen molar-refractivity contribution in [1.82, 2.24) is 9.62 Å². The maximum atomic E-state index is 11.9. The molecule has 1 aromatic heterocycles. The van der Waals surface area contributed by atoms with Gasteiger partial charge in [-0.1, -0.05) is 44.0 Å². The average molecular weight is 678 g/mol. The molecule has 0 unspecified atom stereocenters. The first-order chi connectivity index (χ1) is 21.1. The zero-order valence-electron chi connectivity index (χ0n) is 25.9. The van der Waals surface area contributed by atoms with E-state index in [1.54, 1.807) is 6.07 Å². The summed E-state index contributed by atoms with van der Waals surface area (Å²) < 4.78 is 60.2. The fourth-order valence-corrected chi connectivity index (χ4v) is 6.82. The van der Waals surface area contributed by atoms with Gasteiger partial charge >= 0.3 is 0 Å². The van der Waals surface area contributed by atoms with Crippen LogP contribution < -0.4 is 14.2 Å². The molecule has 0 atom stereocenters. The van der Waals surface area contributed by atoms with Crippen LogP contribution in [0.3, 0.4) is 0 Å². The monoisotopic (exact) mass is 677 g/mol. The van der Waals surface area contributed by atoms with Gasteiger partial charge in [-0.05, 0) is 55.5 Å². The minimum absolute atomic E-state index is 0.104. The highest BCUT2D eigenvalue weighted by Crippen LogP contribution is 2.48. The molecule has 2 aliphatic rings. The number of rotatable bonds is 16. The van der Waals surface area contributed by atoms with E-state index >= 15 is 0 Å². The zero-order valence-corrected chi connectivity index (χ0v) is 28.3. The van der Waals surface area contributed by atoms with Crippen LogP contribution in [-0.2, 0) is 36.9 Å². The number of allylic oxidation sites excluding steroid dienone is 3. The zero-order chi connectivity index (χ0) is 32.8. The summed E-state index contributed by atoms with van der Waals surface area (Å²) in [5.41, 5.74) is 2.85. The van der Waals surface area contributed by atoms with Crippen LogP contribution >= 0.6 is 11.6 Å². The number of pyridine rings is 1. The number of carbonyl (C=O) groups is 1. The van der Waals surface area contributed by atoms with Crippen LogP contribution in [0.25, 0.3) is 6.08 Å². The van der Waals surface area contributed by atoms with E-state index < -0.39 is 31.5 Å². The Morgan fingerprint density at radius 2 is 1.73 bits per heavy atom. The van der Waals surface area contributed by atoms with E-state index in [1.807, 2.05) is 55.3 Å². The predicted octanol–water partition coefficient (Wildman–Crippen LogP) is 5.16. The Balaban J connectivity index is 1.46. The van der Waals surface area contributed by atoms with Gasteiger partial charge < -0.3 is 9.80 Å². The third kappa shape index (κ3) is 9.90. The van der Waals surface area contributed by atoms with Gasteiger partial charge in [-0.2, -0.15) is 8.42 Å². The number of unbranched alkanes of at least 4 members (excludes halogenated alkanes) is 4. The topological polar surface area (TPSA) is 128 Å². The highest BCUT2D eigenvalue weighted by atomic mass is 35.5. The molecular weight excluding hydrogens is 636 g/mol. The molecule has 2 aliphatic heterocycles. The van der Waals surface area contributed by atoms with Crippen molar-refractivity contribution in [3.8, 4) is 0 Å². The molecular formula is C32H42ClN4O6S2+. The van der Waals surface area contributed by atoms with Gasteiger partial charge in [0.2, 0.25) is 15.9 Å². The van der Waals surface area contributed by atoms with Crippen LogP contribution in [0.4, 0.5) is 5.69 Å². The minimum Gasteiger partial charge on any atom is -0.351 e. The quantitative estimate of drug-likeness (QED) is 0.142. The first-order valence-electron chi connectivity index (χ1n) is 15.1. The van der Waals surface area contributed by atoms with E-state index in [4.69, 9.17) is 11.6 Å². The number of nitrogens with zero attached hydrogens (tertiary/aromatic N) is 3. The van der Waals surface area contributed by atoms with Crippen molar-refractivity contribution < 1.29 is 30.7 Å². The van der Waals surface area contributed by atoms with Crippen molar-refractivity contribution in [3.05, 3.63) is 83.1 Å². The summed E-state index contributed by atoms with van der Waals surface area (Å²) in [6.07, 6.45) is 20.4. The summed E-state index contributed by atoms with van der Waals surface area (Å²) in [4.78, 5) is 16.0. The van der Waals surface area contributed by atoms with Crippen molar-refractivity contribution in [2.24, 2.45) is 0 Å². The molecule has 0 aliphatic carbocycles. The first kappa shape index (κ1) is 34.7. The maximum absolute atomic E-state index is 11.9. The van der Waals surface area contributed by atoms with Crippen molar-refractivity contribution in [2.75, 3.05) is 24.2 Å². The number of amides is 1. The maximum Gasteiger partial charge on any atom is 0.294 e. The van der Waals surface area contributed by atoms with Gasteiger partial charge in [0.15, 0.2) is 12.4 Å². The van der Waals surface area contributed by atoms with Crippen LogP contribution in [0, 0.1) is 0 Å². The summed E-state index contributed by atoms with van der Waals surface area (Å²) >= 11 is 6.63. The van der Waals surface area contributed by atoms with Gasteiger partial charge in [-0.25, -0.2) is 13.0 Å². The van der Waals surface area contributed by atoms with Gasteiger partial charge in [0.05, 0.1) is 11.2 Å². The van der Waals surface area contributed by atoms with E-state index in [-0.39, 0.29) is 11.3 Å². The van der Waals surface area contributed by atoms with E-state index in [9.17, 15) is 26.2 Å². The molecule has 0 fully saturated rings. The Hall–Kier alpha value is -3.19. The molecule has 45 heavy (non-hydrogen) atoms. The second-order valence-corrected chi connectivity index (χ2v) is 15.6. The van der Waals surface area contributed by atoms with Gasteiger partial charge in [0.1, 0.15) is 11.6 Å². The molecule has 1 amide bonds. The largest absolute Gasteiger partial charge is 0.351 e. The number of anilines is 1. The molecule has 0 radical (unpaired) electrons. The third-order valence-electron chi connectivity index (χ3n) is 7.97. The fourth-order valence-electron chi connectivity index (χ4n) is 5.54. The predicted molar refractivity (Wildman–Crippen MR) is 177 cm³/mol. The van der Waals surface area contributed by atoms with E-state index in [1.165, 1.54) is 12.1 Å². The molecule has 2 N–H and O–H groups in total. The number of aryl methyl sites for hydroxylation is 1. The summed E-state index contributed by atoms with van der Waals surface area (Å²) in [7, 11) is -7.96. The number of hydrogen-bond donors (Lipinski definition) is 2. The Bertz CT molecular complexity index is 1710.